The van der Waals surface area contributed by atoms with Gasteiger partial charge in [0.2, 0.25) is 0 Å². The zero-order chi connectivity index (χ0) is 25.0. The van der Waals surface area contributed by atoms with Crippen molar-refractivity contribution in [2.75, 3.05) is 11.3 Å². The summed E-state index contributed by atoms with van der Waals surface area (Å²) in [6.45, 7) is 11.8. The summed E-state index contributed by atoms with van der Waals surface area (Å²) in [5.74, 6) is 0.161. The van der Waals surface area contributed by atoms with Crippen molar-refractivity contribution < 1.29 is 17.9 Å². The lowest BCUT2D eigenvalue weighted by Gasteiger charge is -2.18. The summed E-state index contributed by atoms with van der Waals surface area (Å²) in [7, 11) is -3.74. The summed E-state index contributed by atoms with van der Waals surface area (Å²) >= 11 is 0. The molecule has 1 atom stereocenters. The van der Waals surface area contributed by atoms with Crippen LogP contribution in [0.1, 0.15) is 46.3 Å². The summed E-state index contributed by atoms with van der Waals surface area (Å²) in [6, 6.07) is 15.6. The van der Waals surface area contributed by atoms with Crippen molar-refractivity contribution in [3.8, 4) is 5.75 Å². The van der Waals surface area contributed by atoms with E-state index in [1.807, 2.05) is 33.8 Å². The molecule has 0 aromatic heterocycles. The van der Waals surface area contributed by atoms with E-state index in [1.165, 1.54) is 23.3 Å². The van der Waals surface area contributed by atoms with Gasteiger partial charge in [0.15, 0.2) is 6.61 Å². The highest BCUT2D eigenvalue weighted by Crippen LogP contribution is 2.23. The van der Waals surface area contributed by atoms with Gasteiger partial charge in [0.1, 0.15) is 5.75 Å². The summed E-state index contributed by atoms with van der Waals surface area (Å²) in [5.41, 5.74) is 7.06. The fourth-order valence-electron chi connectivity index (χ4n) is 3.92. The van der Waals surface area contributed by atoms with Crippen LogP contribution in [0.15, 0.2) is 59.5 Å². The monoisotopic (exact) mass is 480 g/mol. The lowest BCUT2D eigenvalue weighted by molar-refractivity contribution is -0.123. The number of ether oxygens (including phenoxy) is 1. The van der Waals surface area contributed by atoms with E-state index in [4.69, 9.17) is 4.74 Å². The molecule has 0 saturated heterocycles. The topological polar surface area (TPSA) is 84.5 Å². The first kappa shape index (κ1) is 25.3. The molecule has 0 radical (unpaired) electrons. The molecule has 0 unspecified atom stereocenters. The Morgan fingerprint density at radius 3 is 2.06 bits per heavy atom. The number of carbonyl (C=O) groups excluding carboxylic acids is 1. The number of aryl methyl sites for hydroxylation is 5. The third kappa shape index (κ3) is 6.38. The molecular weight excluding hydrogens is 448 g/mol. The lowest BCUT2D eigenvalue weighted by Crippen LogP contribution is -2.31. The average Bonchev–Trinajstić information content (AvgIpc) is 2.74. The Kier molecular flexibility index (Phi) is 7.67. The Balaban J connectivity index is 1.59. The fraction of sp³-hybridized carbons (Fsp3) is 0.296. The molecule has 2 N–H and O–H groups in total. The smallest absolute Gasteiger partial charge is 0.261 e. The minimum Gasteiger partial charge on any atom is -0.484 e. The summed E-state index contributed by atoms with van der Waals surface area (Å²) in [6.07, 6.45) is 0. The number of amides is 1. The minimum absolute atomic E-state index is 0.113. The van der Waals surface area contributed by atoms with E-state index in [-0.39, 0.29) is 23.5 Å². The summed E-state index contributed by atoms with van der Waals surface area (Å²) in [5, 5.41) is 2.96. The molecule has 6 nitrogen and oxygen atoms in total. The van der Waals surface area contributed by atoms with Crippen LogP contribution in [0.4, 0.5) is 5.69 Å². The number of hydrogen-bond acceptors (Lipinski definition) is 4. The third-order valence-electron chi connectivity index (χ3n) is 5.70. The minimum atomic E-state index is -3.74. The van der Waals surface area contributed by atoms with E-state index in [0.717, 1.165) is 22.3 Å². The second-order valence-corrected chi connectivity index (χ2v) is 10.5. The van der Waals surface area contributed by atoms with Crippen LogP contribution < -0.4 is 14.8 Å². The number of anilines is 1. The number of carbonyl (C=O) groups is 1. The molecule has 0 aliphatic heterocycles. The maximum atomic E-state index is 12.7. The van der Waals surface area contributed by atoms with Crippen LogP contribution in [-0.4, -0.2) is 20.9 Å². The first-order chi connectivity index (χ1) is 15.9. The molecule has 0 aliphatic rings. The largest absolute Gasteiger partial charge is 0.484 e. The van der Waals surface area contributed by atoms with Gasteiger partial charge in [-0.25, -0.2) is 8.42 Å². The molecule has 1 amide bonds. The molecule has 0 bridgehead atoms. The Morgan fingerprint density at radius 2 is 1.44 bits per heavy atom. The molecule has 3 aromatic carbocycles. The predicted octanol–water partition coefficient (Wildman–Crippen LogP) is 5.29. The van der Waals surface area contributed by atoms with Gasteiger partial charge >= 0.3 is 0 Å². The van der Waals surface area contributed by atoms with E-state index >= 15 is 0 Å². The van der Waals surface area contributed by atoms with Crippen molar-refractivity contribution in [3.63, 3.8) is 0 Å². The SMILES string of the molecule is Cc1cc(C)cc(NS(=O)(=O)c2ccc(OCC(=O)N[C@@H](C)c3cc(C)c(C)cc3C)cc2)c1. The number of rotatable bonds is 8. The van der Waals surface area contributed by atoms with Gasteiger partial charge in [0, 0.05) is 5.69 Å². The zero-order valence-corrected chi connectivity index (χ0v) is 21.3. The number of sulfonamides is 1. The Morgan fingerprint density at radius 1 is 0.853 bits per heavy atom. The Labute approximate surface area is 202 Å². The van der Waals surface area contributed by atoms with Crippen LogP contribution in [0.5, 0.6) is 5.75 Å². The first-order valence-corrected chi connectivity index (χ1v) is 12.6. The second kappa shape index (κ2) is 10.3. The van der Waals surface area contributed by atoms with Crippen molar-refractivity contribution in [2.24, 2.45) is 0 Å². The van der Waals surface area contributed by atoms with Crippen LogP contribution in [0.3, 0.4) is 0 Å². The predicted molar refractivity (Wildman–Crippen MR) is 136 cm³/mol. The third-order valence-corrected chi connectivity index (χ3v) is 7.10. The Bertz CT molecular complexity index is 1280. The highest BCUT2D eigenvalue weighted by atomic mass is 32.2. The van der Waals surface area contributed by atoms with Gasteiger partial charge in [0.25, 0.3) is 15.9 Å². The van der Waals surface area contributed by atoms with Crippen LogP contribution in [0, 0.1) is 34.6 Å². The average molecular weight is 481 g/mol. The Hall–Kier alpha value is -3.32. The molecule has 0 aliphatic carbocycles. The maximum absolute atomic E-state index is 12.7. The van der Waals surface area contributed by atoms with Crippen molar-refractivity contribution in [1.82, 2.24) is 5.32 Å². The van der Waals surface area contributed by atoms with Gasteiger partial charge in [-0.05, 0) is 111 Å². The molecule has 0 fully saturated rings. The first-order valence-electron chi connectivity index (χ1n) is 11.2. The van der Waals surface area contributed by atoms with Crippen molar-refractivity contribution in [1.29, 1.82) is 0 Å². The molecule has 0 heterocycles. The summed E-state index contributed by atoms with van der Waals surface area (Å²) < 4.78 is 33.6. The quantitative estimate of drug-likeness (QED) is 0.459. The molecule has 7 heteroatoms. The van der Waals surface area contributed by atoms with Gasteiger partial charge < -0.3 is 10.1 Å². The molecule has 34 heavy (non-hydrogen) atoms. The van der Waals surface area contributed by atoms with Crippen LogP contribution in [-0.2, 0) is 14.8 Å². The normalized spacial score (nSPS) is 12.2. The van der Waals surface area contributed by atoms with E-state index in [1.54, 1.807) is 24.3 Å². The van der Waals surface area contributed by atoms with Crippen LogP contribution >= 0.6 is 0 Å². The van der Waals surface area contributed by atoms with E-state index < -0.39 is 10.0 Å². The highest BCUT2D eigenvalue weighted by Gasteiger charge is 2.16. The van der Waals surface area contributed by atoms with Crippen LogP contribution in [0.25, 0.3) is 0 Å². The van der Waals surface area contributed by atoms with Crippen molar-refractivity contribution in [2.45, 2.75) is 52.5 Å². The molecule has 0 spiro atoms. The zero-order valence-electron chi connectivity index (χ0n) is 20.5. The molecule has 180 valence electrons. The molecule has 3 rings (SSSR count). The van der Waals surface area contributed by atoms with E-state index in [0.29, 0.717) is 11.4 Å². The van der Waals surface area contributed by atoms with Gasteiger partial charge in [-0.1, -0.05) is 18.2 Å². The molecule has 3 aromatic rings. The van der Waals surface area contributed by atoms with E-state index in [2.05, 4.69) is 36.0 Å². The second-order valence-electron chi connectivity index (χ2n) is 8.82. The molecule has 0 saturated carbocycles. The van der Waals surface area contributed by atoms with Crippen molar-refractivity contribution in [3.05, 3.63) is 88.0 Å². The lowest BCUT2D eigenvalue weighted by atomic mass is 9.96. The maximum Gasteiger partial charge on any atom is 0.261 e. The fourth-order valence-corrected chi connectivity index (χ4v) is 4.96. The number of benzene rings is 3. The van der Waals surface area contributed by atoms with Gasteiger partial charge in [-0.15, -0.1) is 0 Å². The highest BCUT2D eigenvalue weighted by molar-refractivity contribution is 7.92. The van der Waals surface area contributed by atoms with Gasteiger partial charge in [-0.2, -0.15) is 0 Å². The van der Waals surface area contributed by atoms with Gasteiger partial charge in [0.05, 0.1) is 10.9 Å². The number of hydrogen-bond donors (Lipinski definition) is 2. The standard InChI is InChI=1S/C27H32N2O4S/c1-17-11-18(2)13-23(12-17)29-34(31,32)25-9-7-24(8-10-25)33-16-27(30)28-22(6)26-15-20(4)19(3)14-21(26)5/h7-15,22,29H,16H2,1-6H3,(H,28,30)/t22-/m0/s1. The van der Waals surface area contributed by atoms with Crippen molar-refractivity contribution >= 4 is 21.6 Å². The number of nitrogens with one attached hydrogen (secondary N) is 2. The summed E-state index contributed by atoms with van der Waals surface area (Å²) in [4.78, 5) is 12.5. The van der Waals surface area contributed by atoms with Gasteiger partial charge in [-0.3, -0.25) is 9.52 Å². The van der Waals surface area contributed by atoms with Crippen LogP contribution in [0.2, 0.25) is 0 Å². The van der Waals surface area contributed by atoms with E-state index in [9.17, 15) is 13.2 Å². The molecular formula is C27H32N2O4S.